The minimum absolute atomic E-state index is 0.234. The van der Waals surface area contributed by atoms with E-state index in [1.165, 1.54) is 26.4 Å². The summed E-state index contributed by atoms with van der Waals surface area (Å²) in [5.41, 5.74) is 0. The molecular weight excluding hydrogens is 212 g/mol. The van der Waals surface area contributed by atoms with Crippen molar-refractivity contribution in [2.45, 2.75) is 6.92 Å². The summed E-state index contributed by atoms with van der Waals surface area (Å²) in [6, 6.07) is 4.57. The monoisotopic (exact) mass is 224 g/mol. The van der Waals surface area contributed by atoms with Crippen molar-refractivity contribution in [2.75, 3.05) is 14.2 Å². The summed E-state index contributed by atoms with van der Waals surface area (Å²) in [7, 11) is 2.97. The zero-order chi connectivity index (χ0) is 12.1. The van der Waals surface area contributed by atoms with Crippen LogP contribution in [0.3, 0.4) is 0 Å². The van der Waals surface area contributed by atoms with Gasteiger partial charge in [0.05, 0.1) is 14.2 Å². The number of rotatable bonds is 4. The Hall–Kier alpha value is -2.04. The molecule has 0 saturated heterocycles. The Morgan fingerprint density at radius 3 is 2.19 bits per heavy atom. The van der Waals surface area contributed by atoms with Crippen LogP contribution < -0.4 is 14.2 Å². The van der Waals surface area contributed by atoms with Gasteiger partial charge in [-0.2, -0.15) is 0 Å². The molecule has 0 aromatic heterocycles. The first-order chi connectivity index (χ1) is 7.58. The van der Waals surface area contributed by atoms with Gasteiger partial charge >= 0.3 is 5.97 Å². The van der Waals surface area contributed by atoms with Gasteiger partial charge in [-0.25, -0.2) is 4.79 Å². The molecule has 0 N–H and O–H groups in total. The molecule has 1 aromatic carbocycles. The van der Waals surface area contributed by atoms with Crippen LogP contribution in [0.4, 0.5) is 0 Å². The highest BCUT2D eigenvalue weighted by Gasteiger charge is 2.12. The lowest BCUT2D eigenvalue weighted by Crippen LogP contribution is -2.16. The molecule has 0 bridgehead atoms. The Kier molecular flexibility index (Phi) is 3.88. The highest BCUT2D eigenvalue weighted by Crippen LogP contribution is 2.30. The van der Waals surface area contributed by atoms with Crippen LogP contribution in [-0.2, 0) is 9.59 Å². The summed E-state index contributed by atoms with van der Waals surface area (Å²) in [6.45, 7) is 1.14. The average Bonchev–Trinajstić information content (AvgIpc) is 2.28. The van der Waals surface area contributed by atoms with Gasteiger partial charge < -0.3 is 14.2 Å². The van der Waals surface area contributed by atoms with Gasteiger partial charge in [-0.15, -0.1) is 0 Å². The van der Waals surface area contributed by atoms with Crippen LogP contribution in [0.5, 0.6) is 17.2 Å². The zero-order valence-electron chi connectivity index (χ0n) is 9.27. The van der Waals surface area contributed by atoms with E-state index in [4.69, 9.17) is 14.2 Å². The van der Waals surface area contributed by atoms with Crippen LogP contribution in [0.1, 0.15) is 6.92 Å². The van der Waals surface area contributed by atoms with Crippen molar-refractivity contribution < 1.29 is 23.8 Å². The van der Waals surface area contributed by atoms with E-state index < -0.39 is 11.8 Å². The molecule has 0 spiro atoms. The second kappa shape index (κ2) is 5.16. The third-order valence-corrected chi connectivity index (χ3v) is 1.85. The highest BCUT2D eigenvalue weighted by atomic mass is 16.5. The van der Waals surface area contributed by atoms with Crippen molar-refractivity contribution in [3.05, 3.63) is 18.2 Å². The number of hydrogen-bond acceptors (Lipinski definition) is 5. The molecule has 86 valence electrons. The summed E-state index contributed by atoms with van der Waals surface area (Å²) in [5.74, 6) is -0.388. The maximum absolute atomic E-state index is 11.0. The third kappa shape index (κ3) is 2.73. The number of benzene rings is 1. The van der Waals surface area contributed by atoms with Crippen LogP contribution >= 0.6 is 0 Å². The molecule has 0 heterocycles. The zero-order valence-corrected chi connectivity index (χ0v) is 9.27. The van der Waals surface area contributed by atoms with Gasteiger partial charge in [-0.3, -0.25) is 4.79 Å². The molecule has 0 fully saturated rings. The second-order valence-corrected chi connectivity index (χ2v) is 2.96. The van der Waals surface area contributed by atoms with E-state index in [9.17, 15) is 9.59 Å². The van der Waals surface area contributed by atoms with Gasteiger partial charge in [-0.05, 0) is 12.1 Å². The first-order valence-corrected chi connectivity index (χ1v) is 4.53. The molecule has 0 aliphatic carbocycles. The molecule has 0 saturated carbocycles. The molecule has 0 atom stereocenters. The first-order valence-electron chi connectivity index (χ1n) is 4.53. The Morgan fingerprint density at radius 2 is 1.69 bits per heavy atom. The van der Waals surface area contributed by atoms with Crippen molar-refractivity contribution in [1.82, 2.24) is 0 Å². The lowest BCUT2D eigenvalue weighted by Gasteiger charge is -2.08. The molecule has 0 aliphatic rings. The lowest BCUT2D eigenvalue weighted by molar-refractivity contribution is -0.146. The standard InChI is InChI=1S/C11H12O5/c1-7(12)11(13)16-8-4-5-9(14-2)10(6-8)15-3/h4-6H,1-3H3. The van der Waals surface area contributed by atoms with E-state index in [1.54, 1.807) is 6.07 Å². The van der Waals surface area contributed by atoms with E-state index in [0.717, 1.165) is 6.92 Å². The number of hydrogen-bond donors (Lipinski definition) is 0. The van der Waals surface area contributed by atoms with Crippen LogP contribution in [0.15, 0.2) is 18.2 Å². The topological polar surface area (TPSA) is 61.8 Å². The quantitative estimate of drug-likeness (QED) is 0.437. The Morgan fingerprint density at radius 1 is 1.06 bits per heavy atom. The molecule has 1 aromatic rings. The number of methoxy groups -OCH3 is 2. The maximum atomic E-state index is 11.0. The Labute approximate surface area is 92.9 Å². The molecule has 0 radical (unpaired) electrons. The van der Waals surface area contributed by atoms with Crippen LogP contribution in [0.2, 0.25) is 0 Å². The molecular formula is C11H12O5. The maximum Gasteiger partial charge on any atom is 0.379 e. The Bertz CT molecular complexity index is 411. The van der Waals surface area contributed by atoms with Crippen molar-refractivity contribution >= 4 is 11.8 Å². The predicted octanol–water partition coefficient (Wildman–Crippen LogP) is 1.20. The van der Waals surface area contributed by atoms with Gasteiger partial charge in [0.15, 0.2) is 11.5 Å². The fraction of sp³-hybridized carbons (Fsp3) is 0.273. The molecule has 1 rings (SSSR count). The Balaban J connectivity index is 2.91. The van der Waals surface area contributed by atoms with Crippen molar-refractivity contribution in [3.8, 4) is 17.2 Å². The third-order valence-electron chi connectivity index (χ3n) is 1.85. The SMILES string of the molecule is COc1ccc(OC(=O)C(C)=O)cc1OC. The molecule has 0 aliphatic heterocycles. The van der Waals surface area contributed by atoms with Gasteiger partial charge in [0.2, 0.25) is 5.78 Å². The summed E-state index contributed by atoms with van der Waals surface area (Å²) in [5, 5.41) is 0. The van der Waals surface area contributed by atoms with E-state index >= 15 is 0 Å². The molecule has 16 heavy (non-hydrogen) atoms. The minimum Gasteiger partial charge on any atom is -0.493 e. The van der Waals surface area contributed by atoms with Gasteiger partial charge in [0.1, 0.15) is 5.75 Å². The molecule has 5 heteroatoms. The summed E-state index contributed by atoms with van der Waals surface area (Å²) >= 11 is 0. The average molecular weight is 224 g/mol. The minimum atomic E-state index is -0.910. The molecule has 0 amide bonds. The van der Waals surface area contributed by atoms with Crippen molar-refractivity contribution in [1.29, 1.82) is 0 Å². The number of carbonyl (C=O) groups is 2. The van der Waals surface area contributed by atoms with E-state index in [2.05, 4.69) is 0 Å². The summed E-state index contributed by atoms with van der Waals surface area (Å²) in [6.07, 6.45) is 0. The van der Waals surface area contributed by atoms with Crippen LogP contribution in [0.25, 0.3) is 0 Å². The number of carbonyl (C=O) groups excluding carboxylic acids is 2. The summed E-state index contributed by atoms with van der Waals surface area (Å²) < 4.78 is 14.8. The lowest BCUT2D eigenvalue weighted by atomic mass is 10.3. The van der Waals surface area contributed by atoms with Crippen molar-refractivity contribution in [2.24, 2.45) is 0 Å². The smallest absolute Gasteiger partial charge is 0.379 e. The number of ether oxygens (including phenoxy) is 3. The van der Waals surface area contributed by atoms with E-state index in [-0.39, 0.29) is 5.75 Å². The predicted molar refractivity (Wildman–Crippen MR) is 55.9 cm³/mol. The fourth-order valence-electron chi connectivity index (χ4n) is 1.06. The van der Waals surface area contributed by atoms with Crippen LogP contribution in [-0.4, -0.2) is 26.0 Å². The van der Waals surface area contributed by atoms with Crippen molar-refractivity contribution in [3.63, 3.8) is 0 Å². The first kappa shape index (κ1) is 12.0. The van der Waals surface area contributed by atoms with Gasteiger partial charge in [-0.1, -0.05) is 0 Å². The van der Waals surface area contributed by atoms with Gasteiger partial charge in [0.25, 0.3) is 0 Å². The summed E-state index contributed by atoms with van der Waals surface area (Å²) in [4.78, 5) is 21.7. The number of Topliss-reactive ketones (excluding diaryl/α,β-unsaturated/α-hetero) is 1. The molecule has 5 nitrogen and oxygen atoms in total. The molecule has 0 unspecified atom stereocenters. The van der Waals surface area contributed by atoms with Crippen LogP contribution in [0, 0.1) is 0 Å². The second-order valence-electron chi connectivity index (χ2n) is 2.96. The number of esters is 1. The van der Waals surface area contributed by atoms with E-state index in [1.807, 2.05) is 0 Å². The van der Waals surface area contributed by atoms with E-state index in [0.29, 0.717) is 11.5 Å². The van der Waals surface area contributed by atoms with Gasteiger partial charge in [0, 0.05) is 13.0 Å². The number of ketones is 1. The largest absolute Gasteiger partial charge is 0.493 e. The highest BCUT2D eigenvalue weighted by molar-refractivity contribution is 6.33. The normalized spacial score (nSPS) is 9.44. The fourth-order valence-corrected chi connectivity index (χ4v) is 1.06.